The van der Waals surface area contributed by atoms with Crippen LogP contribution < -0.4 is 5.73 Å². The number of carbonyl (C=O) groups is 1. The maximum absolute atomic E-state index is 13.0. The van der Waals surface area contributed by atoms with E-state index in [1.807, 2.05) is 48.2 Å². The van der Waals surface area contributed by atoms with Gasteiger partial charge in [-0.1, -0.05) is 30.3 Å². The fourth-order valence-electron chi connectivity index (χ4n) is 4.15. The van der Waals surface area contributed by atoms with Crippen LogP contribution >= 0.6 is 0 Å². The zero-order valence-electron chi connectivity index (χ0n) is 15.2. The van der Waals surface area contributed by atoms with Crippen molar-refractivity contribution in [1.82, 2.24) is 4.90 Å². The third-order valence-corrected chi connectivity index (χ3v) is 5.68. The van der Waals surface area contributed by atoms with Crippen LogP contribution in [0.4, 0.5) is 0 Å². The summed E-state index contributed by atoms with van der Waals surface area (Å²) in [6.07, 6.45) is 3.01. The molecule has 2 aromatic rings. The molecule has 2 fully saturated rings. The quantitative estimate of drug-likeness (QED) is 0.919. The van der Waals surface area contributed by atoms with Crippen molar-refractivity contribution in [3.63, 3.8) is 0 Å². The maximum atomic E-state index is 13.0. The topological polar surface area (TPSA) is 68.7 Å². The van der Waals surface area contributed by atoms with Crippen LogP contribution in [0.2, 0.25) is 0 Å². The van der Waals surface area contributed by atoms with Crippen LogP contribution in [0.25, 0.3) is 11.3 Å². The van der Waals surface area contributed by atoms with Gasteiger partial charge in [-0.05, 0) is 38.2 Å². The second-order valence-corrected chi connectivity index (χ2v) is 7.36. The average molecular weight is 354 g/mol. The lowest BCUT2D eigenvalue weighted by Gasteiger charge is -2.35. The number of likely N-dealkylation sites (tertiary alicyclic amines) is 1. The highest BCUT2D eigenvalue weighted by atomic mass is 16.5. The Labute approximate surface area is 154 Å². The first-order valence-corrected chi connectivity index (χ1v) is 9.46. The maximum Gasteiger partial charge on any atom is 0.257 e. The van der Waals surface area contributed by atoms with E-state index in [0.29, 0.717) is 17.2 Å². The van der Waals surface area contributed by atoms with E-state index >= 15 is 0 Å². The van der Waals surface area contributed by atoms with Gasteiger partial charge in [-0.2, -0.15) is 0 Å². The van der Waals surface area contributed by atoms with E-state index in [1.165, 1.54) is 0 Å². The minimum Gasteiger partial charge on any atom is -0.461 e. The molecular weight excluding hydrogens is 328 g/mol. The molecule has 4 rings (SSSR count). The van der Waals surface area contributed by atoms with Gasteiger partial charge in [0.05, 0.1) is 11.7 Å². The van der Waals surface area contributed by atoms with Crippen LogP contribution in [0.5, 0.6) is 0 Å². The Hall–Kier alpha value is -2.11. The fourth-order valence-corrected chi connectivity index (χ4v) is 4.15. The average Bonchev–Trinajstić information content (AvgIpc) is 3.28. The first-order valence-electron chi connectivity index (χ1n) is 9.46. The molecule has 1 aromatic heterocycles. The zero-order chi connectivity index (χ0) is 18.1. The Bertz CT molecular complexity index is 763. The molecule has 2 saturated heterocycles. The van der Waals surface area contributed by atoms with Gasteiger partial charge >= 0.3 is 0 Å². The molecule has 2 aliphatic heterocycles. The minimum atomic E-state index is 0.0588. The van der Waals surface area contributed by atoms with E-state index in [0.717, 1.165) is 50.3 Å². The number of carbonyl (C=O) groups excluding carboxylic acids is 1. The highest BCUT2D eigenvalue weighted by molar-refractivity contribution is 5.96. The van der Waals surface area contributed by atoms with Crippen molar-refractivity contribution in [3.8, 4) is 11.3 Å². The Balaban J connectivity index is 1.43. The van der Waals surface area contributed by atoms with Gasteiger partial charge in [-0.25, -0.2) is 0 Å². The molecule has 1 amide bonds. The van der Waals surface area contributed by atoms with Gasteiger partial charge < -0.3 is 19.8 Å². The summed E-state index contributed by atoms with van der Waals surface area (Å²) in [6.45, 7) is 4.13. The lowest BCUT2D eigenvalue weighted by Crippen LogP contribution is -2.45. The molecule has 5 nitrogen and oxygen atoms in total. The molecule has 26 heavy (non-hydrogen) atoms. The van der Waals surface area contributed by atoms with Gasteiger partial charge in [0.15, 0.2) is 0 Å². The lowest BCUT2D eigenvalue weighted by atomic mass is 9.87. The van der Waals surface area contributed by atoms with Crippen molar-refractivity contribution in [1.29, 1.82) is 0 Å². The summed E-state index contributed by atoms with van der Waals surface area (Å²) in [4.78, 5) is 14.9. The number of benzene rings is 1. The number of nitrogens with zero attached hydrogens (tertiary/aromatic N) is 1. The molecule has 1 aromatic carbocycles. The standard InChI is InChI=1S/C21H26N2O3/c1-14-17(13-19(26-14)15-5-3-2-4-6-15)21(24)23-10-7-16(8-11-23)20-18(22)9-12-25-20/h2-6,13,16,18,20H,7-12,22H2,1H3/t18-,20+/m1/s1. The predicted octanol–water partition coefficient (Wildman–Crippen LogP) is 3.22. The highest BCUT2D eigenvalue weighted by Gasteiger charge is 2.36. The highest BCUT2D eigenvalue weighted by Crippen LogP contribution is 2.30. The molecule has 2 atom stereocenters. The van der Waals surface area contributed by atoms with Crippen molar-refractivity contribution in [3.05, 3.63) is 47.7 Å². The SMILES string of the molecule is Cc1oc(-c2ccccc2)cc1C(=O)N1CCC([C@@H]2OCC[C@H]2N)CC1. The van der Waals surface area contributed by atoms with Gasteiger partial charge in [0.1, 0.15) is 11.5 Å². The van der Waals surface area contributed by atoms with Gasteiger partial charge in [0.2, 0.25) is 0 Å². The van der Waals surface area contributed by atoms with E-state index in [-0.39, 0.29) is 18.1 Å². The first-order chi connectivity index (χ1) is 12.6. The molecule has 5 heteroatoms. The van der Waals surface area contributed by atoms with E-state index in [9.17, 15) is 4.79 Å². The summed E-state index contributed by atoms with van der Waals surface area (Å²) < 4.78 is 11.7. The zero-order valence-corrected chi connectivity index (χ0v) is 15.2. The van der Waals surface area contributed by atoms with Crippen molar-refractivity contribution >= 4 is 5.91 Å². The van der Waals surface area contributed by atoms with Crippen molar-refractivity contribution < 1.29 is 13.9 Å². The summed E-state index contributed by atoms with van der Waals surface area (Å²) in [7, 11) is 0. The molecule has 0 unspecified atom stereocenters. The smallest absolute Gasteiger partial charge is 0.257 e. The Kier molecular flexibility index (Phi) is 4.83. The monoisotopic (exact) mass is 354 g/mol. The van der Waals surface area contributed by atoms with E-state index in [4.69, 9.17) is 14.9 Å². The third kappa shape index (κ3) is 3.29. The van der Waals surface area contributed by atoms with Gasteiger partial charge in [-0.3, -0.25) is 4.79 Å². The number of aryl methyl sites for hydroxylation is 1. The van der Waals surface area contributed by atoms with Crippen molar-refractivity contribution in [2.75, 3.05) is 19.7 Å². The van der Waals surface area contributed by atoms with Crippen LogP contribution in [0.1, 0.15) is 35.4 Å². The lowest BCUT2D eigenvalue weighted by molar-refractivity contribution is 0.0241. The number of amides is 1. The number of ether oxygens (including phenoxy) is 1. The van der Waals surface area contributed by atoms with Gasteiger partial charge in [0.25, 0.3) is 5.91 Å². The van der Waals surface area contributed by atoms with E-state index in [1.54, 1.807) is 0 Å². The van der Waals surface area contributed by atoms with Crippen molar-refractivity contribution in [2.24, 2.45) is 11.7 Å². The molecule has 0 saturated carbocycles. The Morgan fingerprint density at radius 3 is 2.54 bits per heavy atom. The second kappa shape index (κ2) is 7.25. The number of furan rings is 1. The van der Waals surface area contributed by atoms with Crippen LogP contribution in [0.3, 0.4) is 0 Å². The minimum absolute atomic E-state index is 0.0588. The summed E-state index contributed by atoms with van der Waals surface area (Å²) in [6, 6.07) is 11.9. The van der Waals surface area contributed by atoms with Gasteiger partial charge in [0, 0.05) is 31.3 Å². The normalized spacial score (nSPS) is 24.2. The Morgan fingerprint density at radius 1 is 1.15 bits per heavy atom. The van der Waals surface area contributed by atoms with Crippen LogP contribution in [0.15, 0.2) is 40.8 Å². The summed E-state index contributed by atoms with van der Waals surface area (Å²) in [5.41, 5.74) is 7.81. The van der Waals surface area contributed by atoms with Crippen LogP contribution in [-0.4, -0.2) is 42.6 Å². The van der Waals surface area contributed by atoms with Crippen molar-refractivity contribution in [2.45, 2.75) is 38.3 Å². The largest absolute Gasteiger partial charge is 0.461 e. The Morgan fingerprint density at radius 2 is 1.88 bits per heavy atom. The molecule has 0 bridgehead atoms. The number of nitrogens with two attached hydrogens (primary N) is 1. The molecule has 3 heterocycles. The molecule has 0 spiro atoms. The number of piperidine rings is 1. The summed E-state index contributed by atoms with van der Waals surface area (Å²) in [5, 5.41) is 0. The fraction of sp³-hybridized carbons (Fsp3) is 0.476. The summed E-state index contributed by atoms with van der Waals surface area (Å²) in [5.74, 6) is 1.94. The summed E-state index contributed by atoms with van der Waals surface area (Å²) >= 11 is 0. The third-order valence-electron chi connectivity index (χ3n) is 5.68. The molecule has 2 N–H and O–H groups in total. The molecule has 0 radical (unpaired) electrons. The van der Waals surface area contributed by atoms with E-state index in [2.05, 4.69) is 0 Å². The molecule has 2 aliphatic rings. The van der Waals surface area contributed by atoms with Crippen LogP contribution in [0, 0.1) is 12.8 Å². The molecule has 0 aliphatic carbocycles. The number of hydrogen-bond acceptors (Lipinski definition) is 4. The second-order valence-electron chi connectivity index (χ2n) is 7.36. The number of hydrogen-bond donors (Lipinski definition) is 1. The van der Waals surface area contributed by atoms with E-state index < -0.39 is 0 Å². The first kappa shape index (κ1) is 17.3. The van der Waals surface area contributed by atoms with Gasteiger partial charge in [-0.15, -0.1) is 0 Å². The molecule has 138 valence electrons. The molecular formula is C21H26N2O3. The predicted molar refractivity (Wildman–Crippen MR) is 99.8 cm³/mol. The number of rotatable bonds is 3. The van der Waals surface area contributed by atoms with Crippen LogP contribution in [-0.2, 0) is 4.74 Å².